The zero-order chi connectivity index (χ0) is 13.4. The number of hydrogen-bond acceptors (Lipinski definition) is 3. The van der Waals surface area contributed by atoms with Gasteiger partial charge in [0.1, 0.15) is 0 Å². The number of amides is 1. The maximum atomic E-state index is 12.3. The summed E-state index contributed by atoms with van der Waals surface area (Å²) in [6.45, 7) is 13.2. The average molecular weight is 242 g/mol. The van der Waals surface area contributed by atoms with Gasteiger partial charge in [-0.15, -0.1) is 0 Å². The Morgan fingerprint density at radius 3 is 2.41 bits per heavy atom. The Bertz CT molecular complexity index is 294. The summed E-state index contributed by atoms with van der Waals surface area (Å²) in [5.41, 5.74) is 5.53. The Balaban J connectivity index is 2.76. The Labute approximate surface area is 104 Å². The van der Waals surface area contributed by atoms with Gasteiger partial charge in [-0.1, -0.05) is 20.8 Å². The van der Waals surface area contributed by atoms with Gasteiger partial charge in [0.2, 0.25) is 5.91 Å². The molecule has 0 radical (unpaired) electrons. The zero-order valence-electron chi connectivity index (χ0n) is 11.9. The van der Waals surface area contributed by atoms with Gasteiger partial charge in [0.05, 0.1) is 17.7 Å². The molecule has 4 nitrogen and oxygen atoms in total. The van der Waals surface area contributed by atoms with Gasteiger partial charge in [0, 0.05) is 13.1 Å². The minimum Gasteiger partial charge on any atom is -0.369 e. The van der Waals surface area contributed by atoms with Crippen LogP contribution in [0.15, 0.2) is 0 Å². The summed E-state index contributed by atoms with van der Waals surface area (Å²) in [5, 5.41) is 0. The van der Waals surface area contributed by atoms with Crippen LogP contribution in [0, 0.1) is 5.41 Å². The van der Waals surface area contributed by atoms with Crippen molar-refractivity contribution in [3.05, 3.63) is 0 Å². The second-order valence-electron chi connectivity index (χ2n) is 6.75. The van der Waals surface area contributed by atoms with E-state index >= 15 is 0 Å². The van der Waals surface area contributed by atoms with E-state index in [1.807, 2.05) is 46.4 Å². The van der Waals surface area contributed by atoms with Crippen molar-refractivity contribution in [1.82, 2.24) is 4.90 Å². The molecule has 4 heteroatoms. The lowest BCUT2D eigenvalue weighted by Gasteiger charge is -2.43. The van der Waals surface area contributed by atoms with Crippen LogP contribution < -0.4 is 5.73 Å². The number of hydrogen-bond donors (Lipinski definition) is 1. The predicted molar refractivity (Wildman–Crippen MR) is 68.6 cm³/mol. The first-order valence-corrected chi connectivity index (χ1v) is 6.25. The van der Waals surface area contributed by atoms with E-state index < -0.39 is 6.04 Å². The molecular weight excluding hydrogens is 216 g/mol. The van der Waals surface area contributed by atoms with Crippen LogP contribution in [0.5, 0.6) is 0 Å². The Kier molecular flexibility index (Phi) is 3.89. The molecule has 1 heterocycles. The fourth-order valence-electron chi connectivity index (χ4n) is 2.19. The molecule has 0 aromatic heterocycles. The van der Waals surface area contributed by atoms with Gasteiger partial charge in [-0.2, -0.15) is 0 Å². The van der Waals surface area contributed by atoms with Crippen LogP contribution in [0.25, 0.3) is 0 Å². The molecule has 100 valence electrons. The first-order chi connectivity index (χ1) is 7.53. The van der Waals surface area contributed by atoms with E-state index in [0.717, 1.165) is 0 Å². The van der Waals surface area contributed by atoms with Crippen molar-refractivity contribution in [2.45, 2.75) is 59.3 Å². The van der Waals surface area contributed by atoms with Crippen molar-refractivity contribution >= 4 is 5.91 Å². The van der Waals surface area contributed by atoms with E-state index in [4.69, 9.17) is 10.5 Å². The largest absolute Gasteiger partial charge is 0.369 e. The summed E-state index contributed by atoms with van der Waals surface area (Å²) < 4.78 is 5.78. The third-order valence-electron chi connectivity index (χ3n) is 3.08. The molecule has 1 aliphatic heterocycles. The van der Waals surface area contributed by atoms with E-state index in [1.54, 1.807) is 0 Å². The first-order valence-electron chi connectivity index (χ1n) is 6.25. The Morgan fingerprint density at radius 2 is 2.00 bits per heavy atom. The highest BCUT2D eigenvalue weighted by Gasteiger charge is 2.38. The molecule has 0 bridgehead atoms. The summed E-state index contributed by atoms with van der Waals surface area (Å²) >= 11 is 0. The average Bonchev–Trinajstić information content (AvgIpc) is 2.10. The maximum absolute atomic E-state index is 12.3. The summed E-state index contributed by atoms with van der Waals surface area (Å²) in [7, 11) is 0. The van der Waals surface area contributed by atoms with Crippen molar-refractivity contribution in [3.8, 4) is 0 Å². The predicted octanol–water partition coefficient (Wildman–Crippen LogP) is 1.39. The number of nitrogens with zero attached hydrogens (tertiary/aromatic N) is 1. The highest BCUT2D eigenvalue weighted by atomic mass is 16.5. The molecule has 2 N–H and O–H groups in total. The number of ether oxygens (including phenoxy) is 1. The fourth-order valence-corrected chi connectivity index (χ4v) is 2.19. The number of nitrogens with two attached hydrogens (primary N) is 1. The van der Waals surface area contributed by atoms with E-state index in [9.17, 15) is 4.79 Å². The van der Waals surface area contributed by atoms with Crippen molar-refractivity contribution in [2.75, 3.05) is 13.1 Å². The molecule has 2 atom stereocenters. The third-order valence-corrected chi connectivity index (χ3v) is 3.08. The summed E-state index contributed by atoms with van der Waals surface area (Å²) in [6.07, 6.45) is 0.0647. The second-order valence-corrected chi connectivity index (χ2v) is 6.75. The van der Waals surface area contributed by atoms with Crippen LogP contribution >= 0.6 is 0 Å². The SMILES string of the molecule is CC1CN(C(=O)[C@H](N)C(C)(C)C)CC(C)(C)O1. The van der Waals surface area contributed by atoms with E-state index in [1.165, 1.54) is 0 Å². The summed E-state index contributed by atoms with van der Waals surface area (Å²) in [6, 6.07) is -0.455. The minimum atomic E-state index is -0.455. The smallest absolute Gasteiger partial charge is 0.240 e. The van der Waals surface area contributed by atoms with Crippen LogP contribution in [0.2, 0.25) is 0 Å². The van der Waals surface area contributed by atoms with Crippen molar-refractivity contribution in [2.24, 2.45) is 11.1 Å². The lowest BCUT2D eigenvalue weighted by atomic mass is 9.86. The molecule has 0 aromatic rings. The molecule has 0 aromatic carbocycles. The van der Waals surface area contributed by atoms with Crippen molar-refractivity contribution < 1.29 is 9.53 Å². The Morgan fingerprint density at radius 1 is 1.47 bits per heavy atom. The molecule has 1 unspecified atom stereocenters. The van der Waals surface area contributed by atoms with Crippen LogP contribution in [0.3, 0.4) is 0 Å². The zero-order valence-corrected chi connectivity index (χ0v) is 11.9. The minimum absolute atomic E-state index is 0.0284. The molecule has 0 saturated carbocycles. The van der Waals surface area contributed by atoms with Crippen LogP contribution in [-0.2, 0) is 9.53 Å². The third kappa shape index (κ3) is 3.68. The Hall–Kier alpha value is -0.610. The normalized spacial score (nSPS) is 26.8. The van der Waals surface area contributed by atoms with Gasteiger partial charge in [0.15, 0.2) is 0 Å². The van der Waals surface area contributed by atoms with Gasteiger partial charge >= 0.3 is 0 Å². The van der Waals surface area contributed by atoms with Crippen molar-refractivity contribution in [1.29, 1.82) is 0 Å². The molecule has 0 spiro atoms. The topological polar surface area (TPSA) is 55.6 Å². The van der Waals surface area contributed by atoms with Gasteiger partial charge in [-0.05, 0) is 26.2 Å². The molecule has 17 heavy (non-hydrogen) atoms. The molecule has 1 saturated heterocycles. The van der Waals surface area contributed by atoms with Crippen LogP contribution in [0.1, 0.15) is 41.5 Å². The standard InChI is InChI=1S/C13H26N2O2/c1-9-7-15(8-13(5,6)17-9)11(16)10(14)12(2,3)4/h9-10H,7-8,14H2,1-6H3/t9?,10-/m0/s1. The van der Waals surface area contributed by atoms with Gasteiger partial charge < -0.3 is 15.4 Å². The van der Waals surface area contributed by atoms with Crippen molar-refractivity contribution in [3.63, 3.8) is 0 Å². The highest BCUT2D eigenvalue weighted by molar-refractivity contribution is 5.82. The summed E-state index contributed by atoms with van der Waals surface area (Å²) in [4.78, 5) is 14.2. The lowest BCUT2D eigenvalue weighted by molar-refractivity contribution is -0.161. The molecule has 1 rings (SSSR count). The quantitative estimate of drug-likeness (QED) is 0.756. The van der Waals surface area contributed by atoms with Gasteiger partial charge in [0.25, 0.3) is 0 Å². The fraction of sp³-hybridized carbons (Fsp3) is 0.923. The number of carbonyl (C=O) groups is 1. The maximum Gasteiger partial charge on any atom is 0.240 e. The van der Waals surface area contributed by atoms with E-state index in [2.05, 4.69) is 0 Å². The van der Waals surface area contributed by atoms with Gasteiger partial charge in [-0.3, -0.25) is 4.79 Å². The molecule has 1 fully saturated rings. The highest BCUT2D eigenvalue weighted by Crippen LogP contribution is 2.24. The summed E-state index contributed by atoms with van der Waals surface area (Å²) in [5.74, 6) is 0.0284. The number of carbonyl (C=O) groups excluding carboxylic acids is 1. The monoisotopic (exact) mass is 242 g/mol. The van der Waals surface area contributed by atoms with E-state index in [0.29, 0.717) is 13.1 Å². The first kappa shape index (κ1) is 14.5. The van der Waals surface area contributed by atoms with Gasteiger partial charge in [-0.25, -0.2) is 0 Å². The molecule has 1 aliphatic rings. The molecular formula is C13H26N2O2. The second kappa shape index (κ2) is 4.58. The van der Waals surface area contributed by atoms with Crippen LogP contribution in [-0.4, -0.2) is 41.6 Å². The van der Waals surface area contributed by atoms with Crippen LogP contribution in [0.4, 0.5) is 0 Å². The van der Waals surface area contributed by atoms with E-state index in [-0.39, 0.29) is 23.0 Å². The number of rotatable bonds is 1. The lowest BCUT2D eigenvalue weighted by Crippen LogP contribution is -2.59. The molecule has 0 aliphatic carbocycles. The molecule has 1 amide bonds. The number of morpholine rings is 1.